The van der Waals surface area contributed by atoms with E-state index in [-0.39, 0.29) is 0 Å². The van der Waals surface area contributed by atoms with E-state index in [0.29, 0.717) is 13.1 Å². The van der Waals surface area contributed by atoms with Gasteiger partial charge in [0.1, 0.15) is 0 Å². The van der Waals surface area contributed by atoms with Crippen molar-refractivity contribution in [3.05, 3.63) is 70.8 Å². The number of nitrogens with zero attached hydrogens (tertiary/aromatic N) is 1. The van der Waals surface area contributed by atoms with Gasteiger partial charge in [-0.05, 0) is 35.4 Å². The van der Waals surface area contributed by atoms with E-state index >= 15 is 0 Å². The number of hydrogen-bond donors (Lipinski definition) is 0. The molecule has 91 valence electrons. The van der Waals surface area contributed by atoms with Gasteiger partial charge in [0, 0.05) is 24.2 Å². The Morgan fingerprint density at radius 1 is 0.684 bits per heavy atom. The first-order valence-corrected chi connectivity index (χ1v) is 6.06. The second-order valence-electron chi connectivity index (χ2n) is 4.22. The quantitative estimate of drug-likeness (QED) is 0.734. The zero-order chi connectivity index (χ0) is 13.5. The number of terminal acetylenes is 2. The molecule has 0 aliphatic carbocycles. The predicted octanol–water partition coefficient (Wildman–Crippen LogP) is 2.95. The van der Waals surface area contributed by atoms with E-state index in [1.165, 1.54) is 11.1 Å². The van der Waals surface area contributed by atoms with E-state index in [0.717, 1.165) is 11.1 Å². The molecule has 0 spiro atoms. The maximum atomic E-state index is 5.31. The molecule has 0 saturated carbocycles. The van der Waals surface area contributed by atoms with Crippen LogP contribution in [0.5, 0.6) is 0 Å². The summed E-state index contributed by atoms with van der Waals surface area (Å²) in [5.74, 6) is 5.20. The largest absolute Gasteiger partial charge is 0.232 e. The van der Waals surface area contributed by atoms with Gasteiger partial charge in [-0.25, -0.2) is 5.32 Å². The second kappa shape index (κ2) is 6.45. The molecule has 1 nitrogen and oxygen atoms in total. The van der Waals surface area contributed by atoms with Gasteiger partial charge in [0.05, 0.1) is 0 Å². The Kier molecular flexibility index (Phi) is 4.40. The minimum atomic E-state index is 0.696. The average Bonchev–Trinajstić information content (AvgIpc) is 2.49. The third-order valence-electron chi connectivity index (χ3n) is 2.83. The Labute approximate surface area is 114 Å². The van der Waals surface area contributed by atoms with Gasteiger partial charge >= 0.3 is 0 Å². The first kappa shape index (κ1) is 13.0. The van der Waals surface area contributed by atoms with Crippen molar-refractivity contribution < 1.29 is 0 Å². The molecule has 0 aromatic heterocycles. The lowest BCUT2D eigenvalue weighted by atomic mass is 10.1. The maximum Gasteiger partial charge on any atom is 0.0388 e. The van der Waals surface area contributed by atoms with Gasteiger partial charge in [0.25, 0.3) is 0 Å². The average molecular weight is 244 g/mol. The van der Waals surface area contributed by atoms with Crippen LogP contribution < -0.4 is 5.32 Å². The molecule has 0 bridgehead atoms. The predicted molar refractivity (Wildman–Crippen MR) is 78.3 cm³/mol. The summed E-state index contributed by atoms with van der Waals surface area (Å²) in [7, 11) is 0. The summed E-state index contributed by atoms with van der Waals surface area (Å²) < 4.78 is 0. The van der Waals surface area contributed by atoms with Crippen LogP contribution in [0.1, 0.15) is 22.3 Å². The molecule has 2 aromatic rings. The monoisotopic (exact) mass is 244 g/mol. The summed E-state index contributed by atoms with van der Waals surface area (Å²) in [6.45, 7) is 1.39. The molecule has 1 radical (unpaired) electrons. The summed E-state index contributed by atoms with van der Waals surface area (Å²) in [5, 5.41) is 4.52. The van der Waals surface area contributed by atoms with Crippen LogP contribution >= 0.6 is 0 Å². The Morgan fingerprint density at radius 3 is 1.37 bits per heavy atom. The fourth-order valence-electron chi connectivity index (χ4n) is 1.73. The number of hydrogen-bond acceptors (Lipinski definition) is 0. The van der Waals surface area contributed by atoms with Gasteiger partial charge in [-0.15, -0.1) is 12.8 Å². The van der Waals surface area contributed by atoms with Gasteiger partial charge in [-0.1, -0.05) is 36.1 Å². The van der Waals surface area contributed by atoms with Crippen molar-refractivity contribution in [3.63, 3.8) is 0 Å². The number of rotatable bonds is 4. The molecular formula is C18H14N. The highest BCUT2D eigenvalue weighted by Gasteiger charge is 1.96. The van der Waals surface area contributed by atoms with Crippen LogP contribution in [0.3, 0.4) is 0 Å². The summed E-state index contributed by atoms with van der Waals surface area (Å²) in [6, 6.07) is 15.8. The highest BCUT2D eigenvalue weighted by molar-refractivity contribution is 5.35. The lowest BCUT2D eigenvalue weighted by Gasteiger charge is -2.04. The van der Waals surface area contributed by atoms with E-state index in [4.69, 9.17) is 12.8 Å². The molecule has 1 heteroatoms. The zero-order valence-electron chi connectivity index (χ0n) is 10.6. The lowest BCUT2D eigenvalue weighted by molar-refractivity contribution is 0.677. The molecule has 0 heterocycles. The van der Waals surface area contributed by atoms with Crippen molar-refractivity contribution in [2.24, 2.45) is 0 Å². The Hall–Kier alpha value is -2.48. The van der Waals surface area contributed by atoms with Crippen LogP contribution in [-0.2, 0) is 13.1 Å². The van der Waals surface area contributed by atoms with Gasteiger partial charge in [-0.2, -0.15) is 0 Å². The SMILES string of the molecule is C#Cc1ccc(C[N]Cc2ccc(C#C)cc2)cc1. The van der Waals surface area contributed by atoms with Crippen molar-refractivity contribution in [1.29, 1.82) is 0 Å². The van der Waals surface area contributed by atoms with Crippen molar-refractivity contribution >= 4 is 0 Å². The van der Waals surface area contributed by atoms with E-state index < -0.39 is 0 Å². The summed E-state index contributed by atoms with van der Waals surface area (Å²) in [5.41, 5.74) is 4.13. The molecule has 0 saturated heterocycles. The summed E-state index contributed by atoms with van der Waals surface area (Å²) in [6.07, 6.45) is 10.6. The molecular weight excluding hydrogens is 230 g/mol. The molecule has 0 unspecified atom stereocenters. The Morgan fingerprint density at radius 2 is 1.05 bits per heavy atom. The fourth-order valence-corrected chi connectivity index (χ4v) is 1.73. The van der Waals surface area contributed by atoms with E-state index in [1.54, 1.807) is 0 Å². The Bertz CT molecular complexity index is 549. The number of benzene rings is 2. The van der Waals surface area contributed by atoms with Crippen LogP contribution in [0.25, 0.3) is 0 Å². The highest BCUT2D eigenvalue weighted by atomic mass is 14.8. The first-order chi connectivity index (χ1) is 9.31. The summed E-state index contributed by atoms with van der Waals surface area (Å²) in [4.78, 5) is 0. The van der Waals surface area contributed by atoms with Gasteiger partial charge in [0.15, 0.2) is 0 Å². The molecule has 0 atom stereocenters. The zero-order valence-corrected chi connectivity index (χ0v) is 10.6. The molecule has 0 aliphatic rings. The van der Waals surface area contributed by atoms with E-state index in [1.807, 2.05) is 48.5 Å². The lowest BCUT2D eigenvalue weighted by Crippen LogP contribution is -2.04. The topological polar surface area (TPSA) is 14.1 Å². The molecule has 2 rings (SSSR count). The third-order valence-corrected chi connectivity index (χ3v) is 2.83. The van der Waals surface area contributed by atoms with Crippen molar-refractivity contribution in [2.75, 3.05) is 0 Å². The standard InChI is InChI=1S/C18H14N/c1-3-15-5-9-17(10-6-15)13-19-14-18-11-7-16(4-2)8-12-18/h1-2,5-12H,13-14H2. The smallest absolute Gasteiger partial charge is 0.0388 e. The van der Waals surface area contributed by atoms with Crippen molar-refractivity contribution in [1.82, 2.24) is 5.32 Å². The second-order valence-corrected chi connectivity index (χ2v) is 4.22. The van der Waals surface area contributed by atoms with E-state index in [2.05, 4.69) is 17.2 Å². The minimum absolute atomic E-state index is 0.696. The van der Waals surface area contributed by atoms with Crippen LogP contribution in [0.15, 0.2) is 48.5 Å². The molecule has 0 aliphatic heterocycles. The first-order valence-electron chi connectivity index (χ1n) is 6.06. The molecule has 0 N–H and O–H groups in total. The van der Waals surface area contributed by atoms with Crippen LogP contribution in [0.4, 0.5) is 0 Å². The van der Waals surface area contributed by atoms with Gasteiger partial charge < -0.3 is 0 Å². The van der Waals surface area contributed by atoms with E-state index in [9.17, 15) is 0 Å². The normalized spacial score (nSPS) is 9.58. The summed E-state index contributed by atoms with van der Waals surface area (Å²) >= 11 is 0. The molecule has 19 heavy (non-hydrogen) atoms. The highest BCUT2D eigenvalue weighted by Crippen LogP contribution is 2.06. The van der Waals surface area contributed by atoms with Gasteiger partial charge in [-0.3, -0.25) is 0 Å². The molecule has 2 aromatic carbocycles. The van der Waals surface area contributed by atoms with Crippen LogP contribution in [-0.4, -0.2) is 0 Å². The van der Waals surface area contributed by atoms with Crippen LogP contribution in [0.2, 0.25) is 0 Å². The van der Waals surface area contributed by atoms with Gasteiger partial charge in [0.2, 0.25) is 0 Å². The maximum absolute atomic E-state index is 5.31. The van der Waals surface area contributed by atoms with Crippen LogP contribution in [0, 0.1) is 24.7 Å². The van der Waals surface area contributed by atoms with Crippen molar-refractivity contribution in [3.8, 4) is 24.7 Å². The molecule has 0 fully saturated rings. The minimum Gasteiger partial charge on any atom is -0.232 e. The third kappa shape index (κ3) is 3.75. The fraction of sp³-hybridized carbons (Fsp3) is 0.111. The van der Waals surface area contributed by atoms with Crippen molar-refractivity contribution in [2.45, 2.75) is 13.1 Å². The molecule has 0 amide bonds. The Balaban J connectivity index is 1.85.